The van der Waals surface area contributed by atoms with E-state index in [4.69, 9.17) is 10.7 Å². The molecule has 1 aliphatic heterocycles. The van der Waals surface area contributed by atoms with Gasteiger partial charge in [-0.2, -0.15) is 0 Å². The molecule has 0 saturated carbocycles. The summed E-state index contributed by atoms with van der Waals surface area (Å²) in [5, 5.41) is 2.34. The van der Waals surface area contributed by atoms with Crippen molar-refractivity contribution in [2.45, 2.75) is 11.9 Å². The molecule has 5 rings (SSSR count). The van der Waals surface area contributed by atoms with Crippen LogP contribution in [-0.2, 0) is 0 Å². The molecule has 0 radical (unpaired) electrons. The molecule has 1 atom stereocenters. The van der Waals surface area contributed by atoms with E-state index in [0.29, 0.717) is 0 Å². The fourth-order valence-corrected chi connectivity index (χ4v) is 6.38. The molecule has 0 aliphatic carbocycles. The van der Waals surface area contributed by atoms with Gasteiger partial charge < -0.3 is 4.98 Å². The van der Waals surface area contributed by atoms with Gasteiger partial charge in [0.05, 0.1) is 5.03 Å². The molecule has 1 unspecified atom stereocenters. The molecule has 3 heteroatoms. The van der Waals surface area contributed by atoms with Gasteiger partial charge in [-0.25, -0.2) is 0 Å². The minimum atomic E-state index is -0.536. The fraction of sp³-hybridized carbons (Fsp3) is 0.0417. The number of benzene rings is 3. The van der Waals surface area contributed by atoms with E-state index in [1.165, 1.54) is 38.1 Å². The van der Waals surface area contributed by atoms with Gasteiger partial charge in [-0.1, -0.05) is 78.9 Å². The van der Waals surface area contributed by atoms with Crippen molar-refractivity contribution < 1.29 is 0 Å². The second kappa shape index (κ2) is 6.56. The first-order valence-electron chi connectivity index (χ1n) is 8.96. The normalized spacial score (nSPS) is 16.7. The highest BCUT2D eigenvalue weighted by atomic mass is 35.7. The highest BCUT2D eigenvalue weighted by Crippen LogP contribution is 2.50. The lowest BCUT2D eigenvalue weighted by atomic mass is 9.90. The van der Waals surface area contributed by atoms with Gasteiger partial charge in [0.15, 0.2) is 0 Å². The maximum atomic E-state index is 7.09. The standard InChI is InChI=1S/C24H18ClNS/c1-16-21(17-10-4-2-5-11-17)22-19-14-8-9-15-20(19)26-24(22)27(25)23(16)18-12-6-3-7-13-18/h2-15,26H,1H3. The molecule has 4 aromatic rings. The van der Waals surface area contributed by atoms with E-state index in [1.54, 1.807) is 0 Å². The van der Waals surface area contributed by atoms with Crippen molar-refractivity contribution in [3.8, 4) is 0 Å². The third-order valence-electron chi connectivity index (χ3n) is 5.09. The number of aromatic amines is 1. The smallest absolute Gasteiger partial charge is 0.0907 e. The molecule has 132 valence electrons. The molecule has 0 saturated heterocycles. The van der Waals surface area contributed by atoms with Crippen molar-refractivity contribution in [1.82, 2.24) is 4.98 Å². The summed E-state index contributed by atoms with van der Waals surface area (Å²) < 4.78 is 0. The van der Waals surface area contributed by atoms with Crippen molar-refractivity contribution in [1.29, 1.82) is 0 Å². The Morgan fingerprint density at radius 2 is 1.33 bits per heavy atom. The second-order valence-corrected chi connectivity index (χ2v) is 8.95. The van der Waals surface area contributed by atoms with Gasteiger partial charge in [-0.3, -0.25) is 0 Å². The van der Waals surface area contributed by atoms with Gasteiger partial charge in [0.1, 0.15) is 0 Å². The van der Waals surface area contributed by atoms with Crippen LogP contribution in [0, 0.1) is 0 Å². The molecule has 0 amide bonds. The number of rotatable bonds is 2. The zero-order chi connectivity index (χ0) is 18.4. The number of fused-ring (bicyclic) bond motifs is 3. The van der Waals surface area contributed by atoms with Gasteiger partial charge in [-0.05, 0) is 55.6 Å². The summed E-state index contributed by atoms with van der Waals surface area (Å²) in [6.07, 6.45) is 0. The van der Waals surface area contributed by atoms with Crippen LogP contribution in [0.15, 0.2) is 95.5 Å². The summed E-state index contributed by atoms with van der Waals surface area (Å²) in [7, 11) is 6.56. The van der Waals surface area contributed by atoms with Crippen LogP contribution in [0.25, 0.3) is 16.5 Å². The van der Waals surface area contributed by atoms with E-state index in [1.807, 2.05) is 6.07 Å². The number of para-hydroxylation sites is 1. The van der Waals surface area contributed by atoms with Crippen LogP contribution in [0.1, 0.15) is 23.6 Å². The Balaban J connectivity index is 1.92. The molecule has 3 aromatic carbocycles. The maximum Gasteiger partial charge on any atom is 0.0907 e. The maximum absolute atomic E-state index is 7.09. The van der Waals surface area contributed by atoms with Gasteiger partial charge in [0, 0.05) is 21.3 Å². The van der Waals surface area contributed by atoms with E-state index in [9.17, 15) is 0 Å². The van der Waals surface area contributed by atoms with Crippen LogP contribution in [0.3, 0.4) is 0 Å². The van der Waals surface area contributed by atoms with E-state index < -0.39 is 9.70 Å². The minimum Gasteiger partial charge on any atom is -0.349 e. The van der Waals surface area contributed by atoms with Crippen LogP contribution < -0.4 is 0 Å². The topological polar surface area (TPSA) is 15.8 Å². The number of aromatic nitrogens is 1. The molecule has 0 bridgehead atoms. The van der Waals surface area contributed by atoms with Crippen LogP contribution in [0.5, 0.6) is 0 Å². The molecule has 1 aromatic heterocycles. The summed E-state index contributed by atoms with van der Waals surface area (Å²) >= 11 is 0. The quantitative estimate of drug-likeness (QED) is 0.356. The first-order valence-corrected chi connectivity index (χ1v) is 11.0. The number of H-pyrrole nitrogens is 1. The first kappa shape index (κ1) is 16.6. The number of hydrogen-bond acceptors (Lipinski definition) is 0. The minimum absolute atomic E-state index is 0.536. The van der Waals surface area contributed by atoms with E-state index >= 15 is 0 Å². The van der Waals surface area contributed by atoms with Gasteiger partial charge in [0.2, 0.25) is 0 Å². The Kier molecular flexibility index (Phi) is 4.04. The lowest BCUT2D eigenvalue weighted by Crippen LogP contribution is -2.10. The summed E-state index contributed by atoms with van der Waals surface area (Å²) in [6.45, 7) is 2.21. The molecule has 2 heterocycles. The van der Waals surface area contributed by atoms with Crippen LogP contribution in [0.2, 0.25) is 0 Å². The predicted octanol–water partition coefficient (Wildman–Crippen LogP) is 7.01. The summed E-state index contributed by atoms with van der Waals surface area (Å²) in [5.41, 5.74) is 7.31. The lowest BCUT2D eigenvalue weighted by molar-refractivity contribution is 1.22. The zero-order valence-corrected chi connectivity index (χ0v) is 16.4. The Labute approximate surface area is 165 Å². The Bertz CT molecular complexity index is 1220. The molecule has 1 nitrogen and oxygen atoms in total. The van der Waals surface area contributed by atoms with Crippen molar-refractivity contribution in [3.05, 3.63) is 107 Å². The molecule has 1 N–H and O–H groups in total. The van der Waals surface area contributed by atoms with Crippen LogP contribution >= 0.6 is 20.4 Å². The van der Waals surface area contributed by atoms with Gasteiger partial charge >= 0.3 is 0 Å². The monoisotopic (exact) mass is 387 g/mol. The van der Waals surface area contributed by atoms with Crippen molar-refractivity contribution in [3.63, 3.8) is 0 Å². The summed E-state index contributed by atoms with van der Waals surface area (Å²) in [5.74, 6) is 0. The molecule has 0 fully saturated rings. The Morgan fingerprint density at radius 1 is 0.741 bits per heavy atom. The largest absolute Gasteiger partial charge is 0.349 e. The molecule has 0 spiro atoms. The van der Waals surface area contributed by atoms with Crippen molar-refractivity contribution in [2.75, 3.05) is 0 Å². The summed E-state index contributed by atoms with van der Waals surface area (Å²) in [4.78, 5) is 4.82. The summed E-state index contributed by atoms with van der Waals surface area (Å²) in [6, 6.07) is 29.6. The number of halogens is 1. The fourth-order valence-electron chi connectivity index (χ4n) is 3.91. The average molecular weight is 388 g/mol. The Hall–Kier alpha value is -2.55. The zero-order valence-electron chi connectivity index (χ0n) is 14.9. The second-order valence-electron chi connectivity index (χ2n) is 6.69. The lowest BCUT2D eigenvalue weighted by Gasteiger charge is -2.24. The highest BCUT2D eigenvalue weighted by Gasteiger charge is 2.28. The van der Waals surface area contributed by atoms with Crippen LogP contribution in [-0.4, -0.2) is 9.85 Å². The van der Waals surface area contributed by atoms with Crippen molar-refractivity contribution >= 4 is 41.7 Å². The average Bonchev–Trinajstić information content (AvgIpc) is 3.10. The van der Waals surface area contributed by atoms with E-state index in [0.717, 1.165) is 10.5 Å². The van der Waals surface area contributed by atoms with E-state index in [-0.39, 0.29) is 0 Å². The SMILES string of the molecule is CC1=C(c2ccccc2)c2c([nH]c3ccccc23)S(Cl)=C1c1ccccc1. The first-order chi connectivity index (χ1) is 13.3. The number of hydrogen-bond donors (Lipinski definition) is 1. The molecular formula is C24H18ClNS. The predicted molar refractivity (Wildman–Crippen MR) is 119 cm³/mol. The van der Waals surface area contributed by atoms with Gasteiger partial charge in [-0.15, -0.1) is 0 Å². The van der Waals surface area contributed by atoms with Gasteiger partial charge in [0.25, 0.3) is 0 Å². The van der Waals surface area contributed by atoms with E-state index in [2.05, 4.69) is 90.8 Å². The molecule has 27 heavy (non-hydrogen) atoms. The number of nitrogens with one attached hydrogen (secondary N) is 1. The molecular weight excluding hydrogens is 370 g/mol. The third kappa shape index (κ3) is 2.60. The van der Waals surface area contributed by atoms with Crippen molar-refractivity contribution in [2.24, 2.45) is 0 Å². The highest BCUT2D eigenvalue weighted by molar-refractivity contribution is 8.35. The molecule has 1 aliphatic rings. The Morgan fingerprint density at radius 3 is 2.04 bits per heavy atom. The number of allylic oxidation sites excluding steroid dienone is 1. The third-order valence-corrected chi connectivity index (χ3v) is 7.58. The van der Waals surface area contributed by atoms with Crippen LogP contribution in [0.4, 0.5) is 0 Å².